The highest BCUT2D eigenvalue weighted by molar-refractivity contribution is 7.92. The van der Waals surface area contributed by atoms with Crippen LogP contribution in [0.2, 0.25) is 0 Å². The Morgan fingerprint density at radius 2 is 1.93 bits per heavy atom. The zero-order valence-electron chi connectivity index (χ0n) is 14.8. The lowest BCUT2D eigenvalue weighted by Crippen LogP contribution is -2.16. The Hall–Kier alpha value is -1.55. The van der Waals surface area contributed by atoms with E-state index in [2.05, 4.69) is 15.5 Å². The number of halogens is 3. The predicted molar refractivity (Wildman–Crippen MR) is 106 cm³/mol. The second-order valence-electron chi connectivity index (χ2n) is 7.03. The molecule has 2 atom stereocenters. The van der Waals surface area contributed by atoms with Crippen LogP contribution in [0.4, 0.5) is 9.52 Å². The van der Waals surface area contributed by atoms with Gasteiger partial charge in [-0.2, -0.15) is 0 Å². The lowest BCUT2D eigenvalue weighted by atomic mass is 10.1. The zero-order chi connectivity index (χ0) is 20.7. The molecule has 11 heteroatoms. The van der Waals surface area contributed by atoms with Crippen LogP contribution in [-0.4, -0.2) is 24.5 Å². The predicted octanol–water partition coefficient (Wildman–Crippen LogP) is 4.18. The number of aromatic nitrogens is 2. The fourth-order valence-corrected chi connectivity index (χ4v) is 5.65. The molecule has 1 amide bonds. The first-order valence-corrected chi connectivity index (χ1v) is 11.4. The van der Waals surface area contributed by atoms with E-state index >= 15 is 0 Å². The van der Waals surface area contributed by atoms with Crippen LogP contribution in [0.3, 0.4) is 0 Å². The van der Waals surface area contributed by atoms with Crippen LogP contribution in [-0.2, 0) is 20.4 Å². The summed E-state index contributed by atoms with van der Waals surface area (Å²) in [7, 11) is -3.77. The second-order valence-corrected chi connectivity index (χ2v) is 11.2. The summed E-state index contributed by atoms with van der Waals surface area (Å²) in [6, 6.07) is 5.15. The Bertz CT molecular complexity index is 1030. The van der Waals surface area contributed by atoms with Crippen molar-refractivity contribution in [3.05, 3.63) is 46.2 Å². The monoisotopic (exact) mass is 463 g/mol. The van der Waals surface area contributed by atoms with Gasteiger partial charge in [0.15, 0.2) is 0 Å². The molecule has 0 radical (unpaired) electrons. The molecule has 28 heavy (non-hydrogen) atoms. The van der Waals surface area contributed by atoms with Crippen molar-refractivity contribution in [3.63, 3.8) is 0 Å². The average Bonchev–Trinajstić information content (AvgIpc) is 2.93. The number of nitrogens with one attached hydrogen (secondary N) is 1. The van der Waals surface area contributed by atoms with Gasteiger partial charge in [-0.25, -0.2) is 12.8 Å². The molecule has 150 valence electrons. The highest BCUT2D eigenvalue weighted by Gasteiger charge is 2.60. The summed E-state index contributed by atoms with van der Waals surface area (Å²) < 4.78 is 37.8. The van der Waals surface area contributed by atoms with Crippen LogP contribution in [0.1, 0.15) is 19.4 Å². The standard InChI is InChI=1S/C17H16Cl2FN3O3S2/c1-17(2)11(7-12(18)19)13(17)14(24)21-15-22-23-16(27-15)28(25,26)8-9-3-5-10(20)6-4-9/h3-7,11,13H,8H2,1-2H3,(H,21,22,24)/t11-,13+/m1/s1. The van der Waals surface area contributed by atoms with Gasteiger partial charge in [-0.1, -0.05) is 60.5 Å². The smallest absolute Gasteiger partial charge is 0.234 e. The Morgan fingerprint density at radius 1 is 1.29 bits per heavy atom. The molecule has 1 fully saturated rings. The van der Waals surface area contributed by atoms with Gasteiger partial charge in [-0.3, -0.25) is 4.79 Å². The molecule has 2 aromatic rings. The van der Waals surface area contributed by atoms with Gasteiger partial charge in [0, 0.05) is 0 Å². The molecule has 0 spiro atoms. The van der Waals surface area contributed by atoms with E-state index in [4.69, 9.17) is 23.2 Å². The quantitative estimate of drug-likeness (QED) is 0.648. The van der Waals surface area contributed by atoms with Crippen LogP contribution >= 0.6 is 34.5 Å². The molecule has 0 saturated heterocycles. The number of hydrogen-bond donors (Lipinski definition) is 1. The summed E-state index contributed by atoms with van der Waals surface area (Å²) >= 11 is 12.1. The van der Waals surface area contributed by atoms with E-state index in [0.717, 1.165) is 11.3 Å². The molecule has 0 aliphatic heterocycles. The third-order valence-corrected chi connectivity index (χ3v) is 7.90. The van der Waals surface area contributed by atoms with Crippen molar-refractivity contribution in [2.24, 2.45) is 17.3 Å². The second kappa shape index (κ2) is 7.70. The molecule has 3 rings (SSSR count). The fourth-order valence-electron chi connectivity index (χ4n) is 3.06. The van der Waals surface area contributed by atoms with Crippen LogP contribution in [0.25, 0.3) is 0 Å². The number of carbonyl (C=O) groups is 1. The molecular weight excluding hydrogens is 448 g/mol. The van der Waals surface area contributed by atoms with Gasteiger partial charge in [-0.05, 0) is 35.1 Å². The molecule has 1 aromatic heterocycles. The topological polar surface area (TPSA) is 89.0 Å². The van der Waals surface area contributed by atoms with E-state index in [1.807, 2.05) is 13.8 Å². The number of anilines is 1. The summed E-state index contributed by atoms with van der Waals surface area (Å²) in [5.74, 6) is -1.57. The Kier molecular flexibility index (Phi) is 5.82. The number of benzene rings is 1. The van der Waals surface area contributed by atoms with Crippen molar-refractivity contribution < 1.29 is 17.6 Å². The van der Waals surface area contributed by atoms with Crippen molar-refractivity contribution in [2.45, 2.75) is 23.9 Å². The van der Waals surface area contributed by atoms with Gasteiger partial charge in [0.05, 0.1) is 11.7 Å². The van der Waals surface area contributed by atoms with E-state index in [9.17, 15) is 17.6 Å². The van der Waals surface area contributed by atoms with Crippen molar-refractivity contribution >= 4 is 55.4 Å². The van der Waals surface area contributed by atoms with Crippen LogP contribution < -0.4 is 5.32 Å². The molecule has 1 N–H and O–H groups in total. The number of carbonyl (C=O) groups excluding carboxylic acids is 1. The number of sulfone groups is 1. The summed E-state index contributed by atoms with van der Waals surface area (Å²) in [4.78, 5) is 12.5. The van der Waals surface area contributed by atoms with Gasteiger partial charge >= 0.3 is 0 Å². The van der Waals surface area contributed by atoms with Crippen molar-refractivity contribution in [1.82, 2.24) is 10.2 Å². The Morgan fingerprint density at radius 3 is 2.54 bits per heavy atom. The number of allylic oxidation sites excluding steroid dienone is 1. The average molecular weight is 464 g/mol. The van der Waals surface area contributed by atoms with Gasteiger partial charge < -0.3 is 5.32 Å². The maximum atomic E-state index is 13.0. The third-order valence-electron chi connectivity index (χ3n) is 4.67. The van der Waals surface area contributed by atoms with Crippen molar-refractivity contribution in [2.75, 3.05) is 5.32 Å². The van der Waals surface area contributed by atoms with Gasteiger partial charge in [0.25, 0.3) is 0 Å². The molecule has 1 heterocycles. The highest BCUT2D eigenvalue weighted by Crippen LogP contribution is 2.60. The summed E-state index contributed by atoms with van der Waals surface area (Å²) in [5.41, 5.74) is 0.107. The normalized spacial score (nSPS) is 20.5. The minimum atomic E-state index is -3.77. The van der Waals surface area contributed by atoms with Crippen LogP contribution in [0.5, 0.6) is 0 Å². The molecule has 6 nitrogen and oxygen atoms in total. The molecule has 0 bridgehead atoms. The number of rotatable bonds is 6. The molecule has 1 aliphatic rings. The number of nitrogens with zero attached hydrogens (tertiary/aromatic N) is 2. The molecule has 1 saturated carbocycles. The SMILES string of the molecule is CC1(C)[C@H](C=C(Cl)Cl)[C@H]1C(=O)Nc1nnc(S(=O)(=O)Cc2ccc(F)cc2)s1. The fraction of sp³-hybridized carbons (Fsp3) is 0.353. The van der Waals surface area contributed by atoms with E-state index in [-0.39, 0.29) is 42.9 Å². The molecule has 1 aliphatic carbocycles. The van der Waals surface area contributed by atoms with Crippen LogP contribution in [0.15, 0.2) is 39.2 Å². The van der Waals surface area contributed by atoms with Crippen molar-refractivity contribution in [3.8, 4) is 0 Å². The minimum Gasteiger partial charge on any atom is -0.300 e. The maximum absolute atomic E-state index is 13.0. The maximum Gasteiger partial charge on any atom is 0.234 e. The van der Waals surface area contributed by atoms with E-state index in [1.165, 1.54) is 24.3 Å². The van der Waals surface area contributed by atoms with Crippen LogP contribution in [0, 0.1) is 23.1 Å². The first-order chi connectivity index (χ1) is 13.0. The summed E-state index contributed by atoms with van der Waals surface area (Å²) in [5, 5.41) is 10.1. The zero-order valence-corrected chi connectivity index (χ0v) is 18.0. The largest absolute Gasteiger partial charge is 0.300 e. The first kappa shape index (κ1) is 21.2. The Balaban J connectivity index is 1.69. The lowest BCUT2D eigenvalue weighted by Gasteiger charge is -2.02. The number of hydrogen-bond acceptors (Lipinski definition) is 6. The summed E-state index contributed by atoms with van der Waals surface area (Å²) in [6.45, 7) is 3.82. The number of amides is 1. The first-order valence-electron chi connectivity index (χ1n) is 8.15. The minimum absolute atomic E-state index is 0.0880. The third kappa shape index (κ3) is 4.53. The van der Waals surface area contributed by atoms with Crippen molar-refractivity contribution in [1.29, 1.82) is 0 Å². The molecule has 0 unspecified atom stereocenters. The molecule has 1 aromatic carbocycles. The lowest BCUT2D eigenvalue weighted by molar-refractivity contribution is -0.118. The van der Waals surface area contributed by atoms with Gasteiger partial charge in [0.1, 0.15) is 10.3 Å². The van der Waals surface area contributed by atoms with E-state index in [1.54, 1.807) is 6.08 Å². The van der Waals surface area contributed by atoms with E-state index in [0.29, 0.717) is 5.56 Å². The van der Waals surface area contributed by atoms with Gasteiger partial charge in [0.2, 0.25) is 25.2 Å². The summed E-state index contributed by atoms with van der Waals surface area (Å²) in [6.07, 6.45) is 1.62. The Labute approximate surface area is 175 Å². The highest BCUT2D eigenvalue weighted by atomic mass is 35.5. The van der Waals surface area contributed by atoms with Gasteiger partial charge in [-0.15, -0.1) is 10.2 Å². The van der Waals surface area contributed by atoms with E-state index < -0.39 is 15.7 Å². The molecular formula is C17H16Cl2FN3O3S2.